The summed E-state index contributed by atoms with van der Waals surface area (Å²) in [7, 11) is 1.45. The zero-order valence-electron chi connectivity index (χ0n) is 30.6. The highest BCUT2D eigenvalue weighted by atomic mass is 35.5. The molecule has 0 spiro atoms. The molecule has 15 heteroatoms. The lowest BCUT2D eigenvalue weighted by atomic mass is 9.65. The summed E-state index contributed by atoms with van der Waals surface area (Å²) in [4.78, 5) is 18.7. The molecule has 0 radical (unpaired) electrons. The second kappa shape index (κ2) is 13.5. The number of nitriles is 1. The van der Waals surface area contributed by atoms with Crippen LogP contribution in [0.1, 0.15) is 64.4 Å². The number of aromatic amines is 1. The summed E-state index contributed by atoms with van der Waals surface area (Å²) in [6.07, 6.45) is 7.85. The van der Waals surface area contributed by atoms with E-state index in [-0.39, 0.29) is 71.4 Å². The van der Waals surface area contributed by atoms with Crippen molar-refractivity contribution in [3.8, 4) is 29.2 Å². The quantitative estimate of drug-likeness (QED) is 0.212. The molecule has 53 heavy (non-hydrogen) atoms. The number of likely N-dealkylation sites (tertiary alicyclic amines) is 1. The number of pyridine rings is 1. The summed E-state index contributed by atoms with van der Waals surface area (Å²) in [6.45, 7) is 6.74. The van der Waals surface area contributed by atoms with Crippen LogP contribution >= 0.6 is 11.6 Å². The smallest absolute Gasteiger partial charge is 0.319 e. The number of H-pyrrole nitrogens is 1. The number of piperidine rings is 1. The van der Waals surface area contributed by atoms with E-state index in [1.54, 1.807) is 31.0 Å². The number of halogens is 2. The first kappa shape index (κ1) is 36.1. The topological polar surface area (TPSA) is 166 Å². The zero-order valence-corrected chi connectivity index (χ0v) is 31.3. The molecule has 13 nitrogen and oxygen atoms in total. The van der Waals surface area contributed by atoms with E-state index in [4.69, 9.17) is 40.8 Å². The molecule has 8 rings (SSSR count). The summed E-state index contributed by atoms with van der Waals surface area (Å²) in [5.74, 6) is -0.400. The van der Waals surface area contributed by atoms with E-state index in [0.29, 0.717) is 45.7 Å². The van der Waals surface area contributed by atoms with Crippen LogP contribution in [0.2, 0.25) is 5.02 Å². The van der Waals surface area contributed by atoms with E-state index in [0.717, 1.165) is 51.5 Å². The van der Waals surface area contributed by atoms with E-state index in [1.165, 1.54) is 7.11 Å². The van der Waals surface area contributed by atoms with Crippen molar-refractivity contribution in [3.05, 3.63) is 28.7 Å². The average molecular weight is 749 g/mol. The number of aromatic nitrogens is 5. The summed E-state index contributed by atoms with van der Waals surface area (Å²) >= 11 is 6.63. The summed E-state index contributed by atoms with van der Waals surface area (Å²) in [5.41, 5.74) is -0.122. The minimum absolute atomic E-state index is 0.00918. The van der Waals surface area contributed by atoms with Gasteiger partial charge in [-0.15, -0.1) is 0 Å². The molecule has 4 atom stereocenters. The Morgan fingerprint density at radius 3 is 2.75 bits per heavy atom. The number of aliphatic hydroxyl groups is 2. The fourth-order valence-corrected chi connectivity index (χ4v) is 9.66. The number of methoxy groups -OCH3 is 1. The Morgan fingerprint density at radius 1 is 1.21 bits per heavy atom. The Morgan fingerprint density at radius 2 is 2.00 bits per heavy atom. The van der Waals surface area contributed by atoms with Gasteiger partial charge in [0.25, 0.3) is 0 Å². The number of rotatable bonds is 8. The highest BCUT2D eigenvalue weighted by Gasteiger charge is 2.54. The maximum absolute atomic E-state index is 17.3. The molecule has 282 valence electrons. The summed E-state index contributed by atoms with van der Waals surface area (Å²) in [6, 6.07) is 4.92. The minimum Gasteiger partial charge on any atom is -0.480 e. The van der Waals surface area contributed by atoms with Gasteiger partial charge >= 0.3 is 6.01 Å². The van der Waals surface area contributed by atoms with Gasteiger partial charge in [0, 0.05) is 40.0 Å². The number of ether oxygens (including phenoxy) is 3. The van der Waals surface area contributed by atoms with Crippen molar-refractivity contribution in [2.75, 3.05) is 51.5 Å². The van der Waals surface area contributed by atoms with Crippen molar-refractivity contribution >= 4 is 39.2 Å². The Hall–Kier alpha value is -3.87. The van der Waals surface area contributed by atoms with Crippen LogP contribution in [0.3, 0.4) is 0 Å². The van der Waals surface area contributed by atoms with Crippen LogP contribution in [0.5, 0.6) is 11.9 Å². The Kier molecular flexibility index (Phi) is 9.17. The SMILES string of the molecule is COc1nc(-c2c(C)c(Cl)cc3[nH]ncc23)c(F)c2nc(OCC34CCCC3N(C3CC(C)(C#N)C3)CCC4)nc(N3CC(CO)OCC(C)(O)C3)c12. The molecule has 1 aromatic carbocycles. The lowest BCUT2D eigenvalue weighted by molar-refractivity contribution is -0.0629. The van der Waals surface area contributed by atoms with Crippen molar-refractivity contribution in [1.29, 1.82) is 5.26 Å². The van der Waals surface area contributed by atoms with Crippen LogP contribution in [0, 0.1) is 34.9 Å². The third-order valence-electron chi connectivity index (χ3n) is 12.1. The van der Waals surface area contributed by atoms with Crippen molar-refractivity contribution in [2.45, 2.75) is 89.5 Å². The molecule has 4 aromatic rings. The van der Waals surface area contributed by atoms with Crippen molar-refractivity contribution in [3.63, 3.8) is 0 Å². The van der Waals surface area contributed by atoms with Gasteiger partial charge in [-0.3, -0.25) is 10.00 Å². The Balaban J connectivity index is 1.24. The van der Waals surface area contributed by atoms with Crippen molar-refractivity contribution in [1.82, 2.24) is 30.0 Å². The third kappa shape index (κ3) is 6.24. The van der Waals surface area contributed by atoms with Gasteiger partial charge in [-0.2, -0.15) is 20.3 Å². The number of β-amino-alcohol motifs (C(OH)–C–C–N with tert-alkyl or cyclic N) is 1. The first-order valence-electron chi connectivity index (χ1n) is 18.5. The molecular formula is C38H46ClFN8O5. The fraction of sp³-hybridized carbons (Fsp3) is 0.605. The van der Waals surface area contributed by atoms with Gasteiger partial charge in [0.1, 0.15) is 28.0 Å². The van der Waals surface area contributed by atoms with Gasteiger partial charge in [0.05, 0.1) is 62.8 Å². The second-order valence-electron chi connectivity index (χ2n) is 16.2. The van der Waals surface area contributed by atoms with Gasteiger partial charge < -0.3 is 29.3 Å². The highest BCUT2D eigenvalue weighted by molar-refractivity contribution is 6.33. The molecule has 2 saturated carbocycles. The van der Waals surface area contributed by atoms with Gasteiger partial charge in [0.15, 0.2) is 5.82 Å². The van der Waals surface area contributed by atoms with Crippen LogP contribution in [-0.4, -0.2) is 111 Å². The lowest BCUT2D eigenvalue weighted by Gasteiger charge is -2.54. The van der Waals surface area contributed by atoms with E-state index >= 15 is 4.39 Å². The predicted octanol–water partition coefficient (Wildman–Crippen LogP) is 5.33. The standard InChI is InChI=1S/C38H46ClFN8O5/c1-21-25(39)11-26-24(14-42-46-26)28(21)31-30(40)32-29(34(43-31)51-4)33(47-15-23(16-49)52-19-37(3,50)18-47)45-35(44-32)53-20-38-8-5-7-27(38)48(10-6-9-38)22-12-36(2,13-22)17-41/h11,14,22-23,27,49-50H,5-10,12-13,15-16,18-20H2,1-4H3,(H,42,46). The highest BCUT2D eigenvalue weighted by Crippen LogP contribution is 2.53. The molecule has 2 aliphatic carbocycles. The van der Waals surface area contributed by atoms with Crippen molar-refractivity contribution < 1.29 is 28.8 Å². The molecular weight excluding hydrogens is 703 g/mol. The molecule has 4 aliphatic rings. The number of hydrogen-bond donors (Lipinski definition) is 3. The van der Waals surface area contributed by atoms with Gasteiger partial charge in [-0.25, -0.2) is 9.37 Å². The number of nitrogens with zero attached hydrogens (tertiary/aromatic N) is 7. The first-order valence-corrected chi connectivity index (χ1v) is 18.8. The Labute approximate surface area is 312 Å². The molecule has 4 unspecified atom stereocenters. The van der Waals surface area contributed by atoms with Crippen LogP contribution in [0.4, 0.5) is 10.2 Å². The molecule has 5 heterocycles. The zero-order chi connectivity index (χ0) is 37.3. The Bertz CT molecular complexity index is 2100. The molecule has 3 aromatic heterocycles. The normalized spacial score (nSPS) is 30.5. The summed E-state index contributed by atoms with van der Waals surface area (Å²) in [5, 5.41) is 39.5. The first-order chi connectivity index (χ1) is 25.4. The second-order valence-corrected chi connectivity index (χ2v) is 16.6. The number of nitrogens with one attached hydrogen (secondary N) is 1. The van der Waals surface area contributed by atoms with Crippen LogP contribution in [0.25, 0.3) is 33.1 Å². The van der Waals surface area contributed by atoms with E-state index in [1.807, 2.05) is 6.92 Å². The number of hydrogen-bond acceptors (Lipinski definition) is 12. The molecule has 0 bridgehead atoms. The van der Waals surface area contributed by atoms with E-state index < -0.39 is 17.5 Å². The average Bonchev–Trinajstić information content (AvgIpc) is 3.75. The molecule has 4 fully saturated rings. The molecule has 2 aliphatic heterocycles. The monoisotopic (exact) mass is 748 g/mol. The summed E-state index contributed by atoms with van der Waals surface area (Å²) < 4.78 is 35.6. The largest absolute Gasteiger partial charge is 0.480 e. The number of fused-ring (bicyclic) bond motifs is 3. The molecule has 2 saturated heterocycles. The van der Waals surface area contributed by atoms with Gasteiger partial charge in [-0.1, -0.05) is 18.0 Å². The minimum atomic E-state index is -1.32. The molecule has 3 N–H and O–H groups in total. The number of anilines is 1. The maximum atomic E-state index is 17.3. The van der Waals surface area contributed by atoms with Gasteiger partial charge in [-0.05, 0) is 77.5 Å². The fourth-order valence-electron chi connectivity index (χ4n) is 9.46. The maximum Gasteiger partial charge on any atom is 0.319 e. The number of aliphatic hydroxyl groups excluding tert-OH is 1. The third-order valence-corrected chi connectivity index (χ3v) is 12.5. The number of benzene rings is 1. The predicted molar refractivity (Wildman–Crippen MR) is 197 cm³/mol. The van der Waals surface area contributed by atoms with E-state index in [2.05, 4.69) is 21.2 Å². The van der Waals surface area contributed by atoms with Crippen LogP contribution in [-0.2, 0) is 4.74 Å². The molecule has 0 amide bonds. The van der Waals surface area contributed by atoms with Crippen LogP contribution in [0.15, 0.2) is 12.3 Å². The van der Waals surface area contributed by atoms with E-state index in [9.17, 15) is 15.5 Å². The van der Waals surface area contributed by atoms with Crippen LogP contribution < -0.4 is 14.4 Å². The van der Waals surface area contributed by atoms with Crippen molar-refractivity contribution in [2.24, 2.45) is 10.8 Å². The van der Waals surface area contributed by atoms with Gasteiger partial charge in [0.2, 0.25) is 5.88 Å². The lowest BCUT2D eigenvalue weighted by Crippen LogP contribution is -2.60.